The van der Waals surface area contributed by atoms with Crippen LogP contribution < -0.4 is 4.74 Å². The molecule has 4 nitrogen and oxygen atoms in total. The summed E-state index contributed by atoms with van der Waals surface area (Å²) in [5.74, 6) is 1.21. The minimum Gasteiger partial charge on any atom is -0.497 e. The van der Waals surface area contributed by atoms with Crippen LogP contribution in [0.25, 0.3) is 0 Å². The van der Waals surface area contributed by atoms with Gasteiger partial charge in [0.2, 0.25) is 5.91 Å². The van der Waals surface area contributed by atoms with Gasteiger partial charge in [0, 0.05) is 18.6 Å². The molecule has 2 aliphatic heterocycles. The molecule has 2 heterocycles. The van der Waals surface area contributed by atoms with Crippen LogP contribution in [0.15, 0.2) is 24.3 Å². The molecule has 3 rings (SSSR count). The summed E-state index contributed by atoms with van der Waals surface area (Å²) in [5.41, 5.74) is 1.30. The number of nitrogens with zero attached hydrogens (tertiary/aromatic N) is 2. The van der Waals surface area contributed by atoms with Crippen molar-refractivity contribution in [2.45, 2.75) is 57.5 Å². The van der Waals surface area contributed by atoms with Crippen LogP contribution in [0.3, 0.4) is 0 Å². The third-order valence-corrected chi connectivity index (χ3v) is 5.62. The molecular formula is C20H30N2O2. The predicted octanol–water partition coefficient (Wildman–Crippen LogP) is 3.62. The summed E-state index contributed by atoms with van der Waals surface area (Å²) in [5, 5.41) is 0. The molecule has 2 aliphatic rings. The third kappa shape index (κ3) is 3.75. The second-order valence-electron chi connectivity index (χ2n) is 7.05. The number of hydrogen-bond acceptors (Lipinski definition) is 3. The second-order valence-corrected chi connectivity index (χ2v) is 7.05. The van der Waals surface area contributed by atoms with Gasteiger partial charge in [0.15, 0.2) is 0 Å². The van der Waals surface area contributed by atoms with Crippen LogP contribution in [0.4, 0.5) is 0 Å². The van der Waals surface area contributed by atoms with Gasteiger partial charge in [-0.25, -0.2) is 0 Å². The summed E-state index contributed by atoms with van der Waals surface area (Å²) in [4.78, 5) is 17.4. The van der Waals surface area contributed by atoms with Crippen molar-refractivity contribution in [3.05, 3.63) is 29.8 Å². The molecule has 2 fully saturated rings. The highest BCUT2D eigenvalue weighted by Crippen LogP contribution is 2.33. The summed E-state index contributed by atoms with van der Waals surface area (Å²) in [7, 11) is 1.69. The van der Waals surface area contributed by atoms with Gasteiger partial charge in [-0.15, -0.1) is 0 Å². The molecule has 0 bridgehead atoms. The van der Waals surface area contributed by atoms with Gasteiger partial charge in [-0.05, 0) is 62.8 Å². The van der Waals surface area contributed by atoms with Crippen LogP contribution >= 0.6 is 0 Å². The van der Waals surface area contributed by atoms with Crippen LogP contribution in [-0.4, -0.2) is 48.5 Å². The summed E-state index contributed by atoms with van der Waals surface area (Å²) in [6.07, 6.45) is 6.97. The molecule has 24 heavy (non-hydrogen) atoms. The normalized spacial score (nSPS) is 25.0. The van der Waals surface area contributed by atoms with Crippen molar-refractivity contribution in [2.24, 2.45) is 0 Å². The van der Waals surface area contributed by atoms with Crippen molar-refractivity contribution < 1.29 is 9.53 Å². The molecule has 0 unspecified atom stereocenters. The standard InChI is InChI=1S/C20H30N2O2/c1-3-17-7-4-5-14-22(17)20(23)15-21-13-6-8-19(21)16-9-11-18(24-2)12-10-16/h9-12,17,19H,3-8,13-15H2,1-2H3/t17-,19-/m0/s1. The molecule has 0 saturated carbocycles. The molecule has 0 aromatic heterocycles. The van der Waals surface area contributed by atoms with Crippen molar-refractivity contribution in [3.8, 4) is 5.75 Å². The average molecular weight is 330 g/mol. The fraction of sp³-hybridized carbons (Fsp3) is 0.650. The SMILES string of the molecule is CC[C@H]1CCCCN1C(=O)CN1CCC[C@H]1c1ccc(OC)cc1. The first kappa shape index (κ1) is 17.3. The fourth-order valence-electron chi connectivity index (χ4n) is 4.24. The van der Waals surface area contributed by atoms with Crippen LogP contribution in [0.5, 0.6) is 5.75 Å². The van der Waals surface area contributed by atoms with E-state index in [1.807, 2.05) is 12.1 Å². The summed E-state index contributed by atoms with van der Waals surface area (Å²) < 4.78 is 5.25. The van der Waals surface area contributed by atoms with E-state index in [2.05, 4.69) is 28.9 Å². The number of ether oxygens (including phenoxy) is 1. The van der Waals surface area contributed by atoms with Gasteiger partial charge in [-0.3, -0.25) is 9.69 Å². The van der Waals surface area contributed by atoms with Gasteiger partial charge in [0.1, 0.15) is 5.75 Å². The lowest BCUT2D eigenvalue weighted by Crippen LogP contribution is -2.47. The first-order valence-electron chi connectivity index (χ1n) is 9.40. The lowest BCUT2D eigenvalue weighted by Gasteiger charge is -2.37. The minimum absolute atomic E-state index is 0.321. The zero-order valence-electron chi connectivity index (χ0n) is 15.0. The van der Waals surface area contributed by atoms with Gasteiger partial charge in [0.25, 0.3) is 0 Å². The minimum atomic E-state index is 0.321. The average Bonchev–Trinajstić information content (AvgIpc) is 3.09. The number of benzene rings is 1. The molecular weight excluding hydrogens is 300 g/mol. The van der Waals surface area contributed by atoms with Gasteiger partial charge in [0.05, 0.1) is 13.7 Å². The Bertz CT molecular complexity index is 543. The number of piperidine rings is 1. The van der Waals surface area contributed by atoms with E-state index in [1.165, 1.54) is 24.8 Å². The Morgan fingerprint density at radius 1 is 1.12 bits per heavy atom. The highest BCUT2D eigenvalue weighted by molar-refractivity contribution is 5.78. The maximum Gasteiger partial charge on any atom is 0.237 e. The highest BCUT2D eigenvalue weighted by Gasteiger charge is 2.31. The number of likely N-dealkylation sites (tertiary alicyclic amines) is 2. The number of carbonyl (C=O) groups excluding carboxylic acids is 1. The largest absolute Gasteiger partial charge is 0.497 e. The molecule has 0 N–H and O–H groups in total. The highest BCUT2D eigenvalue weighted by atomic mass is 16.5. The van der Waals surface area contributed by atoms with E-state index in [-0.39, 0.29) is 0 Å². The lowest BCUT2D eigenvalue weighted by atomic mass is 10.00. The third-order valence-electron chi connectivity index (χ3n) is 5.62. The summed E-state index contributed by atoms with van der Waals surface area (Å²) >= 11 is 0. The zero-order valence-corrected chi connectivity index (χ0v) is 15.0. The quantitative estimate of drug-likeness (QED) is 0.826. The van der Waals surface area contributed by atoms with E-state index < -0.39 is 0 Å². The van der Waals surface area contributed by atoms with E-state index in [0.29, 0.717) is 24.5 Å². The van der Waals surface area contributed by atoms with E-state index in [4.69, 9.17) is 4.74 Å². The van der Waals surface area contributed by atoms with Gasteiger partial charge >= 0.3 is 0 Å². The fourth-order valence-corrected chi connectivity index (χ4v) is 4.24. The summed E-state index contributed by atoms with van der Waals surface area (Å²) in [6.45, 7) is 4.73. The molecule has 4 heteroatoms. The zero-order chi connectivity index (χ0) is 16.9. The van der Waals surface area contributed by atoms with E-state index in [0.717, 1.165) is 38.1 Å². The molecule has 1 amide bonds. The lowest BCUT2D eigenvalue weighted by molar-refractivity contribution is -0.136. The van der Waals surface area contributed by atoms with Gasteiger partial charge in [-0.2, -0.15) is 0 Å². The molecule has 1 aromatic carbocycles. The Balaban J connectivity index is 1.65. The van der Waals surface area contributed by atoms with Crippen LogP contribution in [0, 0.1) is 0 Å². The Morgan fingerprint density at radius 2 is 1.92 bits per heavy atom. The number of carbonyl (C=O) groups is 1. The Kier molecular flexibility index (Phi) is 5.77. The van der Waals surface area contributed by atoms with Crippen LogP contribution in [0.1, 0.15) is 57.1 Å². The van der Waals surface area contributed by atoms with Crippen molar-refractivity contribution >= 4 is 5.91 Å². The van der Waals surface area contributed by atoms with Crippen LogP contribution in [-0.2, 0) is 4.79 Å². The van der Waals surface area contributed by atoms with Crippen molar-refractivity contribution in [1.29, 1.82) is 0 Å². The number of methoxy groups -OCH3 is 1. The second kappa shape index (κ2) is 8.02. The van der Waals surface area contributed by atoms with Crippen LogP contribution in [0.2, 0.25) is 0 Å². The first-order chi connectivity index (χ1) is 11.7. The maximum absolute atomic E-state index is 12.9. The monoisotopic (exact) mass is 330 g/mol. The molecule has 132 valence electrons. The molecule has 2 saturated heterocycles. The van der Waals surface area contributed by atoms with E-state index in [9.17, 15) is 4.79 Å². The molecule has 0 spiro atoms. The van der Waals surface area contributed by atoms with Crippen molar-refractivity contribution in [2.75, 3.05) is 26.7 Å². The smallest absolute Gasteiger partial charge is 0.237 e. The first-order valence-corrected chi connectivity index (χ1v) is 9.40. The Labute approximate surface area is 145 Å². The topological polar surface area (TPSA) is 32.8 Å². The Morgan fingerprint density at radius 3 is 2.62 bits per heavy atom. The number of hydrogen-bond donors (Lipinski definition) is 0. The maximum atomic E-state index is 12.9. The molecule has 0 aliphatic carbocycles. The van der Waals surface area contributed by atoms with E-state index >= 15 is 0 Å². The van der Waals surface area contributed by atoms with Crippen molar-refractivity contribution in [3.63, 3.8) is 0 Å². The molecule has 0 radical (unpaired) electrons. The van der Waals surface area contributed by atoms with Gasteiger partial charge < -0.3 is 9.64 Å². The number of rotatable bonds is 5. The molecule has 1 aromatic rings. The predicted molar refractivity (Wildman–Crippen MR) is 96.2 cm³/mol. The van der Waals surface area contributed by atoms with Gasteiger partial charge in [-0.1, -0.05) is 19.1 Å². The van der Waals surface area contributed by atoms with Crippen molar-refractivity contribution in [1.82, 2.24) is 9.80 Å². The number of amides is 1. The molecule has 2 atom stereocenters. The van der Waals surface area contributed by atoms with E-state index in [1.54, 1.807) is 7.11 Å². The summed E-state index contributed by atoms with van der Waals surface area (Å²) in [6, 6.07) is 9.14. The Hall–Kier alpha value is -1.55.